The predicted molar refractivity (Wildman–Crippen MR) is 132 cm³/mol. The maximum Gasteiger partial charge on any atom is 0.340 e. The van der Waals surface area contributed by atoms with Crippen LogP contribution in [0.5, 0.6) is 0 Å². The summed E-state index contributed by atoms with van der Waals surface area (Å²) in [6, 6.07) is 7.24. The van der Waals surface area contributed by atoms with Crippen LogP contribution in [0.1, 0.15) is 39.1 Å². The van der Waals surface area contributed by atoms with Gasteiger partial charge in [-0.05, 0) is 50.7 Å². The number of thiocarbonyl (C=S) groups is 1. The van der Waals surface area contributed by atoms with E-state index in [1.807, 2.05) is 37.6 Å². The minimum atomic E-state index is -0.405. The highest BCUT2D eigenvalue weighted by Crippen LogP contribution is 2.30. The number of thiophene rings is 1. The smallest absolute Gasteiger partial charge is 0.340 e. The van der Waals surface area contributed by atoms with Gasteiger partial charge in [-0.25, -0.2) is 4.79 Å². The lowest BCUT2D eigenvalue weighted by Crippen LogP contribution is -2.20. The van der Waals surface area contributed by atoms with E-state index in [4.69, 9.17) is 40.2 Å². The van der Waals surface area contributed by atoms with E-state index in [1.165, 1.54) is 18.4 Å². The summed E-state index contributed by atoms with van der Waals surface area (Å²) in [6.07, 6.45) is 0.812. The van der Waals surface area contributed by atoms with Gasteiger partial charge in [-0.15, -0.1) is 11.3 Å². The van der Waals surface area contributed by atoms with Crippen molar-refractivity contribution in [1.82, 2.24) is 9.78 Å². The molecule has 0 atom stereocenters. The Morgan fingerprint density at radius 1 is 1.26 bits per heavy atom. The van der Waals surface area contributed by atoms with Crippen LogP contribution in [0.3, 0.4) is 0 Å². The second-order valence-electron chi connectivity index (χ2n) is 6.78. The van der Waals surface area contributed by atoms with Gasteiger partial charge in [0.1, 0.15) is 5.00 Å². The molecule has 0 aliphatic carbocycles. The Morgan fingerprint density at radius 2 is 1.94 bits per heavy atom. The van der Waals surface area contributed by atoms with Crippen molar-refractivity contribution in [2.75, 3.05) is 17.7 Å². The summed E-state index contributed by atoms with van der Waals surface area (Å²) in [5.41, 5.74) is 3.71. The maximum absolute atomic E-state index is 12.1. The molecule has 3 rings (SSSR count). The molecule has 0 aliphatic rings. The number of nitrogens with zero attached hydrogens (tertiary/aromatic N) is 2. The monoisotopic (exact) mass is 496 g/mol. The molecule has 2 N–H and O–H groups in total. The Hall–Kier alpha value is -2.13. The summed E-state index contributed by atoms with van der Waals surface area (Å²) < 4.78 is 6.71. The van der Waals surface area contributed by atoms with E-state index >= 15 is 0 Å². The van der Waals surface area contributed by atoms with Gasteiger partial charge in [0, 0.05) is 20.5 Å². The van der Waals surface area contributed by atoms with Gasteiger partial charge in [0.05, 0.1) is 36.3 Å². The lowest BCUT2D eigenvalue weighted by molar-refractivity contribution is 0.0602. The molecule has 0 saturated carbocycles. The van der Waals surface area contributed by atoms with E-state index in [-0.39, 0.29) is 0 Å². The topological polar surface area (TPSA) is 68.2 Å². The molecule has 2 aromatic heterocycles. The van der Waals surface area contributed by atoms with Crippen LogP contribution in [0.25, 0.3) is 0 Å². The van der Waals surface area contributed by atoms with Gasteiger partial charge in [0.25, 0.3) is 0 Å². The molecule has 0 radical (unpaired) electrons. The van der Waals surface area contributed by atoms with Crippen molar-refractivity contribution in [2.24, 2.45) is 0 Å². The van der Waals surface area contributed by atoms with Crippen molar-refractivity contribution >= 4 is 68.5 Å². The minimum absolute atomic E-state index is 0.358. The summed E-state index contributed by atoms with van der Waals surface area (Å²) in [4.78, 5) is 13.1. The van der Waals surface area contributed by atoms with Crippen molar-refractivity contribution < 1.29 is 9.53 Å². The highest BCUT2D eigenvalue weighted by atomic mass is 35.5. The number of hydrogen-bond donors (Lipinski definition) is 2. The van der Waals surface area contributed by atoms with E-state index < -0.39 is 5.97 Å². The van der Waals surface area contributed by atoms with Gasteiger partial charge in [0.2, 0.25) is 0 Å². The van der Waals surface area contributed by atoms with Gasteiger partial charge >= 0.3 is 5.97 Å². The molecule has 10 heteroatoms. The SMILES string of the molecule is CCc1cc(C(=O)OC)c(NC(=S)Nc2c(C)nn(Cc3c(Cl)cccc3Cl)c2C)s1. The molecule has 0 spiro atoms. The summed E-state index contributed by atoms with van der Waals surface area (Å²) >= 11 is 19.6. The number of aromatic nitrogens is 2. The zero-order valence-corrected chi connectivity index (χ0v) is 20.7. The normalized spacial score (nSPS) is 10.8. The van der Waals surface area contributed by atoms with Gasteiger partial charge < -0.3 is 15.4 Å². The number of ether oxygens (including phenoxy) is 1. The van der Waals surface area contributed by atoms with E-state index in [2.05, 4.69) is 15.7 Å². The molecule has 2 heterocycles. The van der Waals surface area contributed by atoms with Crippen molar-refractivity contribution in [1.29, 1.82) is 0 Å². The number of hydrogen-bond acceptors (Lipinski definition) is 5. The van der Waals surface area contributed by atoms with Crippen LogP contribution in [0.15, 0.2) is 24.3 Å². The number of nitrogens with one attached hydrogen (secondary N) is 2. The molecule has 31 heavy (non-hydrogen) atoms. The second kappa shape index (κ2) is 9.99. The van der Waals surface area contributed by atoms with Crippen LogP contribution in [0.2, 0.25) is 10.0 Å². The predicted octanol–water partition coefficient (Wildman–Crippen LogP) is 6.07. The molecular weight excluding hydrogens is 475 g/mol. The van der Waals surface area contributed by atoms with E-state index in [1.54, 1.807) is 12.1 Å². The number of esters is 1. The number of halogens is 2. The first-order valence-corrected chi connectivity index (χ1v) is 11.5. The second-order valence-corrected chi connectivity index (χ2v) is 9.14. The third-order valence-corrected chi connectivity index (χ3v) is 6.86. The molecule has 6 nitrogen and oxygen atoms in total. The molecule has 0 aliphatic heterocycles. The molecular formula is C21H22Cl2N4O2S2. The quantitative estimate of drug-likeness (QED) is 0.318. The molecule has 3 aromatic rings. The fraction of sp³-hybridized carbons (Fsp3) is 0.286. The fourth-order valence-electron chi connectivity index (χ4n) is 3.08. The number of anilines is 2. The van der Waals surface area contributed by atoms with Gasteiger partial charge in [-0.1, -0.05) is 36.2 Å². The van der Waals surface area contributed by atoms with Crippen LogP contribution in [-0.2, 0) is 17.7 Å². The van der Waals surface area contributed by atoms with Crippen LogP contribution in [0, 0.1) is 13.8 Å². The molecule has 0 saturated heterocycles. The molecule has 0 bridgehead atoms. The van der Waals surface area contributed by atoms with E-state index in [9.17, 15) is 4.79 Å². The van der Waals surface area contributed by atoms with Crippen molar-refractivity contribution in [2.45, 2.75) is 33.7 Å². The number of methoxy groups -OCH3 is 1. The molecule has 0 unspecified atom stereocenters. The van der Waals surface area contributed by atoms with Gasteiger partial charge in [-0.3, -0.25) is 4.68 Å². The van der Waals surface area contributed by atoms with Crippen molar-refractivity contribution in [3.63, 3.8) is 0 Å². The lowest BCUT2D eigenvalue weighted by Gasteiger charge is -2.12. The number of aryl methyl sites for hydroxylation is 2. The third-order valence-electron chi connectivity index (χ3n) is 4.75. The zero-order valence-electron chi connectivity index (χ0n) is 17.5. The molecule has 0 fully saturated rings. The molecule has 1 aromatic carbocycles. The maximum atomic E-state index is 12.1. The number of rotatable bonds is 6. The van der Waals surface area contributed by atoms with E-state index in [0.29, 0.717) is 32.3 Å². The average Bonchev–Trinajstić information content (AvgIpc) is 3.26. The highest BCUT2D eigenvalue weighted by Gasteiger charge is 2.19. The van der Waals surface area contributed by atoms with Crippen LogP contribution in [0.4, 0.5) is 10.7 Å². The number of carbonyl (C=O) groups excluding carboxylic acids is 1. The summed E-state index contributed by atoms with van der Waals surface area (Å²) in [5, 5.41) is 13.1. The number of carbonyl (C=O) groups is 1. The summed E-state index contributed by atoms with van der Waals surface area (Å²) in [6.45, 7) is 6.29. The third kappa shape index (κ3) is 5.20. The van der Waals surface area contributed by atoms with Crippen LogP contribution in [-0.4, -0.2) is 28.0 Å². The average molecular weight is 497 g/mol. The number of benzene rings is 1. The zero-order chi connectivity index (χ0) is 22.7. The first-order chi connectivity index (χ1) is 14.7. The lowest BCUT2D eigenvalue weighted by atomic mass is 10.2. The van der Waals surface area contributed by atoms with Crippen molar-refractivity contribution in [3.05, 3.63) is 61.7 Å². The Bertz CT molecular complexity index is 1120. The standard InChI is InChI=1S/C21H22Cl2N4O2S2/c1-5-13-9-14(20(28)29-4)19(31-13)25-21(30)24-18-11(2)26-27(12(18)3)10-15-16(22)7-6-8-17(15)23/h6-9H,5,10H2,1-4H3,(H2,24,25,30). The van der Waals surface area contributed by atoms with Crippen LogP contribution >= 0.6 is 46.8 Å². The van der Waals surface area contributed by atoms with Crippen molar-refractivity contribution in [3.8, 4) is 0 Å². The minimum Gasteiger partial charge on any atom is -0.465 e. The van der Waals surface area contributed by atoms with Crippen LogP contribution < -0.4 is 10.6 Å². The first kappa shape index (κ1) is 23.5. The molecule has 0 amide bonds. The first-order valence-electron chi connectivity index (χ1n) is 9.51. The Kier molecular flexibility index (Phi) is 7.59. The highest BCUT2D eigenvalue weighted by molar-refractivity contribution is 7.80. The molecule has 164 valence electrons. The Labute approximate surface area is 200 Å². The fourth-order valence-corrected chi connectivity index (χ4v) is 4.86. The van der Waals surface area contributed by atoms with Gasteiger partial charge in [0.15, 0.2) is 5.11 Å². The summed E-state index contributed by atoms with van der Waals surface area (Å²) in [7, 11) is 1.36. The summed E-state index contributed by atoms with van der Waals surface area (Å²) in [5.74, 6) is -0.405. The Balaban J connectivity index is 1.80. The van der Waals surface area contributed by atoms with E-state index in [0.717, 1.165) is 33.9 Å². The largest absolute Gasteiger partial charge is 0.465 e. The Morgan fingerprint density at radius 3 is 2.55 bits per heavy atom. The van der Waals surface area contributed by atoms with Gasteiger partial charge in [-0.2, -0.15) is 5.10 Å².